The molecule has 0 bridgehead atoms. The van der Waals surface area contributed by atoms with Crippen molar-refractivity contribution in [2.75, 3.05) is 0 Å². The van der Waals surface area contributed by atoms with E-state index in [1.807, 2.05) is 0 Å². The van der Waals surface area contributed by atoms with Gasteiger partial charge >= 0.3 is 0 Å². The van der Waals surface area contributed by atoms with Gasteiger partial charge in [-0.2, -0.15) is 0 Å². The van der Waals surface area contributed by atoms with Gasteiger partial charge in [0.2, 0.25) is 0 Å². The molecule has 2 unspecified atom stereocenters. The normalized spacial score (nSPS) is 54.5. The molecular weight excluding hydrogens is 276 g/mol. The lowest BCUT2D eigenvalue weighted by Gasteiger charge is -3.08. The summed E-state index contributed by atoms with van der Waals surface area (Å²) < 4.78 is 0. The molecule has 6 aliphatic rings. The lowest BCUT2D eigenvalue weighted by molar-refractivity contribution is -0.617. The van der Waals surface area contributed by atoms with E-state index in [0.29, 0.717) is 16.2 Å². The lowest BCUT2D eigenvalue weighted by atomic mass is 8.96. The first-order chi connectivity index (χ1) is 10.5. The van der Waals surface area contributed by atoms with Crippen molar-refractivity contribution in [3.8, 4) is 0 Å². The first-order valence-corrected chi connectivity index (χ1v) is 10.5. The van der Waals surface area contributed by atoms with Gasteiger partial charge in [-0.15, -0.1) is 0 Å². The quantitative estimate of drug-likeness (QED) is 0.543. The first-order valence-electron chi connectivity index (χ1n) is 10.5. The van der Waals surface area contributed by atoms with Gasteiger partial charge in [0.15, 0.2) is 0 Å². The zero-order chi connectivity index (χ0) is 16.7. The van der Waals surface area contributed by atoms with Crippen LogP contribution in [0.5, 0.6) is 0 Å². The SMILES string of the molecule is CCC(C)(C)C(C)(CC(C)CC12C3C4C5C3C1C5C42)C(C)(C)C. The molecule has 6 aliphatic carbocycles. The van der Waals surface area contributed by atoms with E-state index in [1.165, 1.54) is 54.3 Å². The van der Waals surface area contributed by atoms with E-state index in [1.54, 1.807) is 6.42 Å². The van der Waals surface area contributed by atoms with Gasteiger partial charge in [0.05, 0.1) is 0 Å². The van der Waals surface area contributed by atoms with Gasteiger partial charge in [-0.1, -0.05) is 61.8 Å². The Morgan fingerprint density at radius 2 is 1.30 bits per heavy atom. The van der Waals surface area contributed by atoms with Crippen molar-refractivity contribution in [3.63, 3.8) is 0 Å². The fraction of sp³-hybridized carbons (Fsp3) is 1.00. The molecule has 2 atom stereocenters. The van der Waals surface area contributed by atoms with Crippen LogP contribution in [0.4, 0.5) is 0 Å². The van der Waals surface area contributed by atoms with Gasteiger partial charge in [0.1, 0.15) is 0 Å². The maximum atomic E-state index is 2.60. The van der Waals surface area contributed by atoms with E-state index in [4.69, 9.17) is 0 Å². The molecule has 0 nitrogen and oxygen atoms in total. The van der Waals surface area contributed by atoms with Crippen molar-refractivity contribution in [2.45, 2.75) is 74.7 Å². The van der Waals surface area contributed by atoms with Crippen molar-refractivity contribution in [2.24, 2.45) is 69.0 Å². The Morgan fingerprint density at radius 1 is 0.826 bits per heavy atom. The Bertz CT molecular complexity index is 510. The number of rotatable bonds is 6. The Labute approximate surface area is 144 Å². The highest BCUT2D eigenvalue weighted by Crippen LogP contribution is 3.06. The molecule has 0 N–H and O–H groups in total. The van der Waals surface area contributed by atoms with Crippen molar-refractivity contribution in [3.05, 3.63) is 0 Å². The Kier molecular flexibility index (Phi) is 2.48. The predicted molar refractivity (Wildman–Crippen MR) is 96.9 cm³/mol. The van der Waals surface area contributed by atoms with Gasteiger partial charge in [-0.25, -0.2) is 0 Å². The summed E-state index contributed by atoms with van der Waals surface area (Å²) in [6.07, 6.45) is 4.30. The van der Waals surface area contributed by atoms with Crippen LogP contribution in [0, 0.1) is 69.0 Å². The predicted octanol–water partition coefficient (Wildman–Crippen LogP) is 6.26. The summed E-state index contributed by atoms with van der Waals surface area (Å²) in [5.74, 6) is 9.64. The summed E-state index contributed by atoms with van der Waals surface area (Å²) in [6, 6.07) is 0. The van der Waals surface area contributed by atoms with Crippen LogP contribution in [0.3, 0.4) is 0 Å². The van der Waals surface area contributed by atoms with Crippen molar-refractivity contribution >= 4 is 0 Å². The molecule has 6 fully saturated rings. The second-order valence-corrected chi connectivity index (χ2v) is 12.3. The summed E-state index contributed by atoms with van der Waals surface area (Å²) in [4.78, 5) is 0. The lowest BCUT2D eigenvalue weighted by Crippen LogP contribution is -3.05. The standard InChI is InChI=1S/C23H38/c1-9-21(6,7)22(8,20(3,4)5)10-12(2)11-23-17-14-13-15(17)19(23)16(13)18(14)23/h12-19H,9-11H2,1-8H3. The highest BCUT2D eigenvalue weighted by molar-refractivity contribution is 5.49. The van der Waals surface area contributed by atoms with E-state index in [-0.39, 0.29) is 0 Å². The third-order valence-corrected chi connectivity index (χ3v) is 11.2. The molecule has 0 amide bonds. The zero-order valence-electron chi connectivity index (χ0n) is 16.7. The van der Waals surface area contributed by atoms with Gasteiger partial charge in [0.25, 0.3) is 0 Å². The highest BCUT2D eigenvalue weighted by Gasteiger charge is 3.03. The highest BCUT2D eigenvalue weighted by atomic mass is 15.1. The molecule has 6 saturated carbocycles. The Hall–Kier alpha value is 0. The summed E-state index contributed by atoms with van der Waals surface area (Å²) in [5.41, 5.74) is 2.13. The van der Waals surface area contributed by atoms with Gasteiger partial charge in [0, 0.05) is 0 Å². The number of hydrogen-bond donors (Lipinski definition) is 0. The van der Waals surface area contributed by atoms with Gasteiger partial charge in [-0.3, -0.25) is 0 Å². The second-order valence-electron chi connectivity index (χ2n) is 12.3. The van der Waals surface area contributed by atoms with Crippen molar-refractivity contribution in [1.82, 2.24) is 0 Å². The molecule has 0 aliphatic heterocycles. The molecule has 6 rings (SSSR count). The summed E-state index contributed by atoms with van der Waals surface area (Å²) in [5, 5.41) is 0. The van der Waals surface area contributed by atoms with Crippen LogP contribution in [-0.2, 0) is 0 Å². The summed E-state index contributed by atoms with van der Waals surface area (Å²) in [7, 11) is 0. The van der Waals surface area contributed by atoms with Crippen LogP contribution in [0.1, 0.15) is 74.7 Å². The maximum absolute atomic E-state index is 2.60. The minimum Gasteiger partial charge on any atom is -0.0649 e. The first kappa shape index (κ1) is 15.3. The van der Waals surface area contributed by atoms with Crippen LogP contribution in [0.15, 0.2) is 0 Å². The summed E-state index contributed by atoms with van der Waals surface area (Å²) >= 11 is 0. The smallest absolute Gasteiger partial charge is 0.0193 e. The molecule has 0 heteroatoms. The largest absolute Gasteiger partial charge is 0.0649 e. The molecule has 0 heterocycles. The van der Waals surface area contributed by atoms with Crippen LogP contribution in [-0.4, -0.2) is 0 Å². The van der Waals surface area contributed by atoms with Gasteiger partial charge < -0.3 is 0 Å². The van der Waals surface area contributed by atoms with E-state index in [9.17, 15) is 0 Å². The van der Waals surface area contributed by atoms with Crippen LogP contribution in [0.2, 0.25) is 0 Å². The van der Waals surface area contributed by atoms with E-state index in [2.05, 4.69) is 55.4 Å². The third kappa shape index (κ3) is 1.22. The van der Waals surface area contributed by atoms with E-state index < -0.39 is 0 Å². The Balaban J connectivity index is 1.32. The monoisotopic (exact) mass is 314 g/mol. The summed E-state index contributed by atoms with van der Waals surface area (Å²) in [6.45, 7) is 20.1. The van der Waals surface area contributed by atoms with Crippen LogP contribution in [0.25, 0.3) is 0 Å². The molecule has 0 aromatic carbocycles. The van der Waals surface area contributed by atoms with Crippen LogP contribution < -0.4 is 0 Å². The fourth-order valence-corrected chi connectivity index (χ4v) is 9.44. The molecule has 0 saturated heterocycles. The molecular formula is C23H38. The molecule has 0 radical (unpaired) electrons. The maximum Gasteiger partial charge on any atom is -0.0193 e. The number of hydrogen-bond acceptors (Lipinski definition) is 0. The Morgan fingerprint density at radius 3 is 1.70 bits per heavy atom. The van der Waals surface area contributed by atoms with Crippen molar-refractivity contribution in [1.29, 1.82) is 0 Å². The van der Waals surface area contributed by atoms with Crippen molar-refractivity contribution < 1.29 is 0 Å². The topological polar surface area (TPSA) is 0 Å². The molecule has 0 aromatic rings. The third-order valence-electron chi connectivity index (χ3n) is 11.2. The average Bonchev–Trinajstić information content (AvgIpc) is 2.46. The fourth-order valence-electron chi connectivity index (χ4n) is 9.44. The van der Waals surface area contributed by atoms with E-state index in [0.717, 1.165) is 11.3 Å². The average molecular weight is 315 g/mol. The molecule has 23 heavy (non-hydrogen) atoms. The molecule has 0 spiro atoms. The van der Waals surface area contributed by atoms with E-state index >= 15 is 0 Å². The molecule has 0 aromatic heterocycles. The minimum atomic E-state index is 0.382. The van der Waals surface area contributed by atoms with Gasteiger partial charge in [-0.05, 0) is 81.8 Å². The second kappa shape index (κ2) is 3.73. The zero-order valence-corrected chi connectivity index (χ0v) is 16.7. The van der Waals surface area contributed by atoms with Crippen LogP contribution >= 0.6 is 0 Å². The minimum absolute atomic E-state index is 0.382. The molecule has 130 valence electrons.